The lowest BCUT2D eigenvalue weighted by Gasteiger charge is -2.14. The van der Waals surface area contributed by atoms with Crippen LogP contribution in [-0.4, -0.2) is 28.1 Å². The summed E-state index contributed by atoms with van der Waals surface area (Å²) >= 11 is 0. The molecule has 0 saturated carbocycles. The quantitative estimate of drug-likeness (QED) is 0.553. The summed E-state index contributed by atoms with van der Waals surface area (Å²) < 4.78 is 43.0. The second-order valence-corrected chi connectivity index (χ2v) is 6.41. The van der Waals surface area contributed by atoms with Crippen LogP contribution in [0, 0.1) is 18.6 Å². The van der Waals surface area contributed by atoms with Gasteiger partial charge in [-0.2, -0.15) is 0 Å². The van der Waals surface area contributed by atoms with Gasteiger partial charge in [0.2, 0.25) is 0 Å². The fourth-order valence-corrected chi connectivity index (χ4v) is 2.66. The molecule has 1 unspecified atom stereocenters. The smallest absolute Gasteiger partial charge is 0.307 e. The highest BCUT2D eigenvalue weighted by Crippen LogP contribution is 2.26. The van der Waals surface area contributed by atoms with Crippen molar-refractivity contribution in [2.45, 2.75) is 39.2 Å². The number of oxazole rings is 1. The van der Waals surface area contributed by atoms with Crippen molar-refractivity contribution >= 4 is 17.7 Å². The van der Waals surface area contributed by atoms with Crippen LogP contribution >= 0.6 is 0 Å². The Labute approximate surface area is 170 Å². The number of carbonyl (C=O) groups is 2. The maximum Gasteiger partial charge on any atom is 0.307 e. The van der Waals surface area contributed by atoms with Crippen LogP contribution < -0.4 is 5.32 Å². The van der Waals surface area contributed by atoms with Gasteiger partial charge in [0.1, 0.15) is 17.4 Å². The predicted molar refractivity (Wildman–Crippen MR) is 100 cm³/mol. The van der Waals surface area contributed by atoms with Gasteiger partial charge in [-0.1, -0.05) is 18.1 Å². The van der Waals surface area contributed by atoms with Gasteiger partial charge >= 0.3 is 5.97 Å². The first-order chi connectivity index (χ1) is 14.4. The molecule has 0 fully saturated rings. The minimum absolute atomic E-state index is 0.0371. The Morgan fingerprint density at radius 3 is 2.63 bits per heavy atom. The molecule has 158 valence electrons. The Morgan fingerprint density at radius 2 is 2.00 bits per heavy atom. The van der Waals surface area contributed by atoms with Crippen molar-refractivity contribution in [2.75, 3.05) is 5.32 Å². The Bertz CT molecular complexity index is 1030. The SMILES string of the molecule is CCC(OC(=O)CCc1ncc(-c2c(F)cccc2F)o1)C(=O)Nc1cc(C)on1. The Hall–Kier alpha value is -3.56. The molecule has 0 saturated heterocycles. The third-order valence-corrected chi connectivity index (χ3v) is 4.12. The van der Waals surface area contributed by atoms with Crippen molar-refractivity contribution in [3.8, 4) is 11.3 Å². The Morgan fingerprint density at radius 1 is 1.27 bits per heavy atom. The summed E-state index contributed by atoms with van der Waals surface area (Å²) in [5, 5.41) is 6.15. The van der Waals surface area contributed by atoms with Gasteiger partial charge in [0.15, 0.2) is 23.6 Å². The molecule has 2 aromatic heterocycles. The molecular formula is C20H19F2N3O5. The molecule has 1 N–H and O–H groups in total. The molecule has 0 spiro atoms. The maximum absolute atomic E-state index is 13.8. The average molecular weight is 419 g/mol. The highest BCUT2D eigenvalue weighted by Gasteiger charge is 2.23. The molecule has 0 aliphatic carbocycles. The molecule has 3 rings (SSSR count). The molecular weight excluding hydrogens is 400 g/mol. The number of amides is 1. The Balaban J connectivity index is 1.55. The molecule has 1 amide bonds. The number of hydrogen-bond acceptors (Lipinski definition) is 7. The van der Waals surface area contributed by atoms with E-state index in [0.29, 0.717) is 5.76 Å². The van der Waals surface area contributed by atoms with E-state index in [-0.39, 0.29) is 42.3 Å². The molecule has 1 aromatic carbocycles. The third kappa shape index (κ3) is 5.07. The normalized spacial score (nSPS) is 11.9. The van der Waals surface area contributed by atoms with Gasteiger partial charge in [-0.25, -0.2) is 13.8 Å². The fraction of sp³-hybridized carbons (Fsp3) is 0.300. The summed E-state index contributed by atoms with van der Waals surface area (Å²) in [6.45, 7) is 3.36. The average Bonchev–Trinajstić information content (AvgIpc) is 3.33. The van der Waals surface area contributed by atoms with E-state index in [1.807, 2.05) is 0 Å². The first-order valence-corrected chi connectivity index (χ1v) is 9.20. The molecule has 0 radical (unpaired) electrons. The van der Waals surface area contributed by atoms with Crippen molar-refractivity contribution in [1.29, 1.82) is 0 Å². The number of nitrogens with zero attached hydrogens (tertiary/aromatic N) is 2. The molecule has 30 heavy (non-hydrogen) atoms. The van der Waals surface area contributed by atoms with Gasteiger partial charge in [-0.05, 0) is 25.5 Å². The van der Waals surface area contributed by atoms with E-state index in [0.717, 1.165) is 12.1 Å². The number of benzene rings is 1. The second-order valence-electron chi connectivity index (χ2n) is 6.41. The lowest BCUT2D eigenvalue weighted by molar-refractivity contribution is -0.154. The largest absolute Gasteiger partial charge is 0.452 e. The van der Waals surface area contributed by atoms with Gasteiger partial charge in [-0.15, -0.1) is 0 Å². The standard InChI is InChI=1S/C20H19F2N3O5/c1-3-14(20(27)24-16-9-11(2)30-25-16)29-18(26)8-7-17-23-10-15(28-17)19-12(21)5-4-6-13(19)22/h4-6,9-10,14H,3,7-8H2,1-2H3,(H,24,25,27). The monoisotopic (exact) mass is 419 g/mol. The number of rotatable bonds is 8. The molecule has 2 heterocycles. The lowest BCUT2D eigenvalue weighted by atomic mass is 10.1. The van der Waals surface area contributed by atoms with E-state index in [1.54, 1.807) is 13.8 Å². The van der Waals surface area contributed by atoms with Crippen LogP contribution in [0.2, 0.25) is 0 Å². The van der Waals surface area contributed by atoms with Gasteiger partial charge < -0.3 is 19.0 Å². The van der Waals surface area contributed by atoms with E-state index < -0.39 is 29.6 Å². The van der Waals surface area contributed by atoms with Crippen LogP contribution in [0.3, 0.4) is 0 Å². The van der Waals surface area contributed by atoms with Crippen LogP contribution in [-0.2, 0) is 20.7 Å². The zero-order valence-electron chi connectivity index (χ0n) is 16.3. The van der Waals surface area contributed by atoms with Crippen molar-refractivity contribution in [3.63, 3.8) is 0 Å². The van der Waals surface area contributed by atoms with Crippen LogP contribution in [0.4, 0.5) is 14.6 Å². The maximum atomic E-state index is 13.8. The zero-order valence-corrected chi connectivity index (χ0v) is 16.3. The minimum Gasteiger partial charge on any atom is -0.452 e. The number of anilines is 1. The van der Waals surface area contributed by atoms with Crippen molar-refractivity contribution in [3.05, 3.63) is 53.7 Å². The van der Waals surface area contributed by atoms with E-state index in [4.69, 9.17) is 13.7 Å². The summed E-state index contributed by atoms with van der Waals surface area (Å²) in [7, 11) is 0. The van der Waals surface area contributed by atoms with E-state index >= 15 is 0 Å². The highest BCUT2D eigenvalue weighted by atomic mass is 19.1. The van der Waals surface area contributed by atoms with Crippen LogP contribution in [0.25, 0.3) is 11.3 Å². The molecule has 0 bridgehead atoms. The summed E-state index contributed by atoms with van der Waals surface area (Å²) in [6.07, 6.45) is 0.332. The Kier molecular flexibility index (Phi) is 6.55. The number of halogens is 2. The lowest BCUT2D eigenvalue weighted by Crippen LogP contribution is -2.32. The molecule has 1 atom stereocenters. The molecule has 10 heteroatoms. The second kappa shape index (κ2) is 9.29. The van der Waals surface area contributed by atoms with Crippen LogP contribution in [0.1, 0.15) is 31.4 Å². The first-order valence-electron chi connectivity index (χ1n) is 9.20. The van der Waals surface area contributed by atoms with E-state index in [9.17, 15) is 18.4 Å². The van der Waals surface area contributed by atoms with Gasteiger partial charge in [0.25, 0.3) is 5.91 Å². The van der Waals surface area contributed by atoms with Crippen molar-refractivity contribution in [2.24, 2.45) is 0 Å². The highest BCUT2D eigenvalue weighted by molar-refractivity contribution is 5.94. The zero-order chi connectivity index (χ0) is 21.7. The first kappa shape index (κ1) is 21.2. The van der Waals surface area contributed by atoms with E-state index in [1.165, 1.54) is 18.3 Å². The topological polar surface area (TPSA) is 107 Å². The van der Waals surface area contributed by atoms with Crippen molar-refractivity contribution < 1.29 is 32.0 Å². The van der Waals surface area contributed by atoms with Gasteiger partial charge in [0, 0.05) is 12.5 Å². The number of ether oxygens (including phenoxy) is 1. The number of nitrogens with one attached hydrogen (secondary N) is 1. The van der Waals surface area contributed by atoms with Gasteiger partial charge in [0.05, 0.1) is 18.2 Å². The molecule has 3 aromatic rings. The summed E-state index contributed by atoms with van der Waals surface area (Å²) in [4.78, 5) is 28.3. The summed E-state index contributed by atoms with van der Waals surface area (Å²) in [6, 6.07) is 4.99. The number of aromatic nitrogens is 2. The molecule has 0 aliphatic heterocycles. The van der Waals surface area contributed by atoms with Gasteiger partial charge in [-0.3, -0.25) is 9.59 Å². The van der Waals surface area contributed by atoms with Crippen molar-refractivity contribution in [1.82, 2.24) is 10.1 Å². The van der Waals surface area contributed by atoms with E-state index in [2.05, 4.69) is 15.5 Å². The molecule has 0 aliphatic rings. The van der Waals surface area contributed by atoms with Crippen LogP contribution in [0.15, 0.2) is 39.4 Å². The molecule has 8 nitrogen and oxygen atoms in total. The third-order valence-electron chi connectivity index (χ3n) is 4.12. The summed E-state index contributed by atoms with van der Waals surface area (Å²) in [5.41, 5.74) is -0.329. The number of carbonyl (C=O) groups excluding carboxylic acids is 2. The number of esters is 1. The predicted octanol–water partition coefficient (Wildman–Crippen LogP) is 3.81. The number of aryl methyl sites for hydroxylation is 2. The van der Waals surface area contributed by atoms with Crippen LogP contribution in [0.5, 0.6) is 0 Å². The minimum atomic E-state index is -1.01. The summed E-state index contributed by atoms with van der Waals surface area (Å²) in [5.74, 6) is -1.97. The fourth-order valence-electron chi connectivity index (χ4n) is 2.66. The number of hydrogen-bond donors (Lipinski definition) is 1.